The molecule has 52 heavy (non-hydrogen) atoms. The van der Waals surface area contributed by atoms with Crippen LogP contribution >= 0.6 is 0 Å². The minimum atomic E-state index is 0.865. The van der Waals surface area contributed by atoms with E-state index in [1.165, 1.54) is 32.8 Å². The second kappa shape index (κ2) is 12.5. The second-order valence-corrected chi connectivity index (χ2v) is 13.3. The molecule has 1 aromatic heterocycles. The van der Waals surface area contributed by atoms with Crippen molar-refractivity contribution in [3.63, 3.8) is 0 Å². The SMILES string of the molecule is c1ccc(-c2ccccc2N(c2cccc(-c3cccc4cccc(-c5ccccc5)c34)c2)c2cccc3oc4c5ccccc5ccc4c23)cc1. The summed E-state index contributed by atoms with van der Waals surface area (Å²) in [5, 5.41) is 6.94. The fourth-order valence-electron chi connectivity index (χ4n) is 7.91. The Hall–Kier alpha value is -6.90. The second-order valence-electron chi connectivity index (χ2n) is 13.3. The van der Waals surface area contributed by atoms with E-state index in [0.717, 1.165) is 61.1 Å². The number of hydrogen-bond acceptors (Lipinski definition) is 2. The third-order valence-corrected chi connectivity index (χ3v) is 10.2. The minimum Gasteiger partial charge on any atom is -0.455 e. The Balaban J connectivity index is 1.25. The third kappa shape index (κ3) is 4.96. The summed E-state index contributed by atoms with van der Waals surface area (Å²) in [6.07, 6.45) is 0. The Labute approximate surface area is 302 Å². The van der Waals surface area contributed by atoms with Gasteiger partial charge >= 0.3 is 0 Å². The summed E-state index contributed by atoms with van der Waals surface area (Å²) in [6.45, 7) is 0. The molecule has 0 aliphatic heterocycles. The Bertz CT molecular complexity index is 2900. The molecule has 10 rings (SSSR count). The lowest BCUT2D eigenvalue weighted by Crippen LogP contribution is -2.11. The smallest absolute Gasteiger partial charge is 0.143 e. The zero-order valence-electron chi connectivity index (χ0n) is 28.4. The van der Waals surface area contributed by atoms with Gasteiger partial charge in [0, 0.05) is 22.0 Å². The highest BCUT2D eigenvalue weighted by Gasteiger charge is 2.23. The van der Waals surface area contributed by atoms with E-state index in [1.807, 2.05) is 0 Å². The van der Waals surface area contributed by atoms with Gasteiger partial charge in [-0.3, -0.25) is 0 Å². The van der Waals surface area contributed by atoms with Crippen molar-refractivity contribution in [2.45, 2.75) is 0 Å². The van der Waals surface area contributed by atoms with Crippen molar-refractivity contribution in [3.8, 4) is 33.4 Å². The molecular formula is C50H33NO. The Morgan fingerprint density at radius 3 is 1.73 bits per heavy atom. The normalized spacial score (nSPS) is 11.5. The summed E-state index contributed by atoms with van der Waals surface area (Å²) in [5.74, 6) is 0. The van der Waals surface area contributed by atoms with Crippen molar-refractivity contribution in [3.05, 3.63) is 200 Å². The first-order chi connectivity index (χ1) is 25.8. The Kier molecular flexibility index (Phi) is 7.18. The molecule has 0 fully saturated rings. The van der Waals surface area contributed by atoms with Crippen molar-refractivity contribution in [2.24, 2.45) is 0 Å². The molecule has 0 saturated carbocycles. The van der Waals surface area contributed by atoms with Gasteiger partial charge in [-0.1, -0.05) is 164 Å². The number of benzene rings is 9. The van der Waals surface area contributed by atoms with Crippen molar-refractivity contribution >= 4 is 60.5 Å². The molecule has 0 spiro atoms. The fraction of sp³-hybridized carbons (Fsp3) is 0. The molecule has 244 valence electrons. The van der Waals surface area contributed by atoms with Crippen LogP contribution < -0.4 is 4.90 Å². The molecular weight excluding hydrogens is 631 g/mol. The summed E-state index contributed by atoms with van der Waals surface area (Å²) < 4.78 is 6.71. The highest BCUT2D eigenvalue weighted by atomic mass is 16.3. The maximum atomic E-state index is 6.71. The average molecular weight is 664 g/mol. The monoisotopic (exact) mass is 663 g/mol. The van der Waals surface area contributed by atoms with E-state index in [2.05, 4.69) is 205 Å². The van der Waals surface area contributed by atoms with Crippen LogP contribution in [0, 0.1) is 0 Å². The molecule has 0 amide bonds. The van der Waals surface area contributed by atoms with Crippen LogP contribution in [0.2, 0.25) is 0 Å². The topological polar surface area (TPSA) is 16.4 Å². The molecule has 0 aliphatic rings. The van der Waals surface area contributed by atoms with Gasteiger partial charge in [0.05, 0.1) is 16.8 Å². The van der Waals surface area contributed by atoms with Crippen molar-refractivity contribution in [2.75, 3.05) is 4.90 Å². The first-order valence-electron chi connectivity index (χ1n) is 17.8. The molecule has 9 aromatic carbocycles. The van der Waals surface area contributed by atoms with Crippen LogP contribution in [-0.4, -0.2) is 0 Å². The lowest BCUT2D eigenvalue weighted by Gasteiger charge is -2.29. The number of rotatable bonds is 6. The number of para-hydroxylation sites is 1. The molecule has 0 radical (unpaired) electrons. The summed E-state index contributed by atoms with van der Waals surface area (Å²) in [5.41, 5.74) is 12.1. The van der Waals surface area contributed by atoms with Gasteiger partial charge in [0.1, 0.15) is 11.2 Å². The molecule has 2 heteroatoms. The predicted octanol–water partition coefficient (Wildman–Crippen LogP) is 14.4. The van der Waals surface area contributed by atoms with Crippen LogP contribution in [0.4, 0.5) is 17.1 Å². The van der Waals surface area contributed by atoms with Crippen LogP contribution in [0.25, 0.3) is 76.9 Å². The van der Waals surface area contributed by atoms with Crippen molar-refractivity contribution < 1.29 is 4.42 Å². The first-order valence-corrected chi connectivity index (χ1v) is 17.8. The van der Waals surface area contributed by atoms with E-state index in [0.29, 0.717) is 0 Å². The van der Waals surface area contributed by atoms with Crippen molar-refractivity contribution in [1.29, 1.82) is 0 Å². The zero-order valence-corrected chi connectivity index (χ0v) is 28.4. The van der Waals surface area contributed by atoms with Crippen molar-refractivity contribution in [1.82, 2.24) is 0 Å². The van der Waals surface area contributed by atoms with Crippen LogP contribution in [0.3, 0.4) is 0 Å². The fourth-order valence-corrected chi connectivity index (χ4v) is 7.91. The molecule has 0 aliphatic carbocycles. The highest BCUT2D eigenvalue weighted by molar-refractivity contribution is 6.20. The largest absolute Gasteiger partial charge is 0.455 e. The van der Waals surface area contributed by atoms with Gasteiger partial charge in [0.15, 0.2) is 0 Å². The summed E-state index contributed by atoms with van der Waals surface area (Å²) >= 11 is 0. The van der Waals surface area contributed by atoms with Crippen LogP contribution in [-0.2, 0) is 0 Å². The lowest BCUT2D eigenvalue weighted by atomic mass is 9.91. The van der Waals surface area contributed by atoms with E-state index < -0.39 is 0 Å². The first kappa shape index (κ1) is 30.0. The third-order valence-electron chi connectivity index (χ3n) is 10.2. The van der Waals surface area contributed by atoms with Gasteiger partial charge < -0.3 is 9.32 Å². The quantitative estimate of drug-likeness (QED) is 0.176. The van der Waals surface area contributed by atoms with E-state index >= 15 is 0 Å². The van der Waals surface area contributed by atoms with Crippen LogP contribution in [0.5, 0.6) is 0 Å². The molecule has 0 bridgehead atoms. The molecule has 0 N–H and O–H groups in total. The number of hydrogen-bond donors (Lipinski definition) is 0. The summed E-state index contributed by atoms with van der Waals surface area (Å²) in [4.78, 5) is 2.42. The summed E-state index contributed by atoms with van der Waals surface area (Å²) in [7, 11) is 0. The molecule has 0 unspecified atom stereocenters. The summed E-state index contributed by atoms with van der Waals surface area (Å²) in [6, 6.07) is 71.6. The van der Waals surface area contributed by atoms with E-state index in [-0.39, 0.29) is 0 Å². The van der Waals surface area contributed by atoms with Crippen LogP contribution in [0.15, 0.2) is 205 Å². The predicted molar refractivity (Wildman–Crippen MR) is 220 cm³/mol. The maximum absolute atomic E-state index is 6.71. The molecule has 2 nitrogen and oxygen atoms in total. The average Bonchev–Trinajstić information content (AvgIpc) is 3.62. The van der Waals surface area contributed by atoms with E-state index in [1.54, 1.807) is 0 Å². The number of fused-ring (bicyclic) bond motifs is 6. The standard InChI is InChI=1S/C50H33NO/c1-3-15-34(16-4-1)40-24-9-10-28-45(40)51(46-29-14-30-47-49(46)44-32-31-36-19-7-8-25-43(36)50(44)52-47)39-23-11-22-38(33-39)42-27-13-21-37-20-12-26-41(48(37)42)35-17-5-2-6-18-35/h1-33H. The molecule has 0 atom stereocenters. The van der Waals surface area contributed by atoms with Gasteiger partial charge in [-0.25, -0.2) is 0 Å². The Morgan fingerprint density at radius 2 is 0.923 bits per heavy atom. The molecule has 0 saturated heterocycles. The van der Waals surface area contributed by atoms with Crippen LogP contribution in [0.1, 0.15) is 0 Å². The highest BCUT2D eigenvalue weighted by Crippen LogP contribution is 2.47. The maximum Gasteiger partial charge on any atom is 0.143 e. The molecule has 1 heterocycles. The van der Waals surface area contributed by atoms with Gasteiger partial charge in [-0.05, 0) is 80.4 Å². The van der Waals surface area contributed by atoms with Gasteiger partial charge in [-0.15, -0.1) is 0 Å². The lowest BCUT2D eigenvalue weighted by molar-refractivity contribution is 0.672. The number of nitrogens with zero attached hydrogens (tertiary/aromatic N) is 1. The van der Waals surface area contributed by atoms with E-state index in [9.17, 15) is 0 Å². The molecule has 10 aromatic rings. The van der Waals surface area contributed by atoms with Gasteiger partial charge in [0.2, 0.25) is 0 Å². The Morgan fingerprint density at radius 1 is 0.346 bits per heavy atom. The number of furan rings is 1. The zero-order chi connectivity index (χ0) is 34.4. The minimum absolute atomic E-state index is 0.865. The number of anilines is 3. The van der Waals surface area contributed by atoms with Gasteiger partial charge in [0.25, 0.3) is 0 Å². The van der Waals surface area contributed by atoms with E-state index in [4.69, 9.17) is 4.42 Å². The van der Waals surface area contributed by atoms with Gasteiger partial charge in [-0.2, -0.15) is 0 Å².